The van der Waals surface area contributed by atoms with Crippen LogP contribution in [0.1, 0.15) is 5.56 Å². The zero-order valence-electron chi connectivity index (χ0n) is 9.90. The molecule has 19 heavy (non-hydrogen) atoms. The van der Waals surface area contributed by atoms with E-state index in [9.17, 15) is 14.0 Å². The Bertz CT molecular complexity index is 524. The third-order valence-electron chi connectivity index (χ3n) is 2.95. The number of hydrogen-bond acceptors (Lipinski definition) is 3. The molecule has 1 aromatic rings. The Labute approximate surface area is 114 Å². The molecule has 2 N–H and O–H groups in total. The van der Waals surface area contributed by atoms with Gasteiger partial charge < -0.3 is 10.4 Å². The predicted molar refractivity (Wildman–Crippen MR) is 66.3 cm³/mol. The van der Waals surface area contributed by atoms with Crippen molar-refractivity contribution in [3.8, 4) is 0 Å². The van der Waals surface area contributed by atoms with Crippen molar-refractivity contribution in [2.75, 3.05) is 13.1 Å². The highest BCUT2D eigenvalue weighted by Crippen LogP contribution is 2.18. The molecular weight excluding hydrogens is 275 g/mol. The summed E-state index contributed by atoms with van der Waals surface area (Å²) in [6.45, 7) is -0.0456. The van der Waals surface area contributed by atoms with Crippen LogP contribution < -0.4 is 5.32 Å². The zero-order valence-corrected chi connectivity index (χ0v) is 10.7. The van der Waals surface area contributed by atoms with Gasteiger partial charge in [0.1, 0.15) is 11.9 Å². The summed E-state index contributed by atoms with van der Waals surface area (Å²) < 4.78 is 13.6. The first-order valence-corrected chi connectivity index (χ1v) is 6.02. The summed E-state index contributed by atoms with van der Waals surface area (Å²) in [5, 5.41) is 11.9. The fourth-order valence-corrected chi connectivity index (χ4v) is 2.18. The van der Waals surface area contributed by atoms with Gasteiger partial charge in [0, 0.05) is 23.7 Å². The van der Waals surface area contributed by atoms with E-state index in [1.807, 2.05) is 0 Å². The maximum atomic E-state index is 13.6. The summed E-state index contributed by atoms with van der Waals surface area (Å²) in [5.41, 5.74) is 0.272. The van der Waals surface area contributed by atoms with Crippen molar-refractivity contribution in [2.45, 2.75) is 12.6 Å². The lowest BCUT2D eigenvalue weighted by Gasteiger charge is -2.32. The number of aliphatic carboxylic acids is 1. The number of amides is 1. The van der Waals surface area contributed by atoms with Crippen molar-refractivity contribution in [3.05, 3.63) is 34.6 Å². The van der Waals surface area contributed by atoms with Gasteiger partial charge in [-0.3, -0.25) is 14.5 Å². The number of carbonyl (C=O) groups excluding carboxylic acids is 1. The molecule has 1 aromatic carbocycles. The fraction of sp³-hybridized carbons (Fsp3) is 0.333. The van der Waals surface area contributed by atoms with Crippen molar-refractivity contribution in [3.63, 3.8) is 0 Å². The van der Waals surface area contributed by atoms with E-state index in [4.69, 9.17) is 16.7 Å². The molecule has 5 nitrogen and oxygen atoms in total. The summed E-state index contributed by atoms with van der Waals surface area (Å²) in [6, 6.07) is 3.20. The number of hydrogen-bond donors (Lipinski definition) is 2. The highest BCUT2D eigenvalue weighted by molar-refractivity contribution is 6.30. The fourth-order valence-electron chi connectivity index (χ4n) is 1.98. The molecule has 0 aliphatic carbocycles. The lowest BCUT2D eigenvalue weighted by atomic mass is 10.1. The summed E-state index contributed by atoms with van der Waals surface area (Å²) >= 11 is 5.78. The first-order valence-electron chi connectivity index (χ1n) is 5.65. The van der Waals surface area contributed by atoms with Crippen LogP contribution in [0.15, 0.2) is 18.2 Å². The minimum Gasteiger partial charge on any atom is -0.480 e. The average molecular weight is 287 g/mol. The van der Waals surface area contributed by atoms with Crippen molar-refractivity contribution < 1.29 is 19.1 Å². The van der Waals surface area contributed by atoms with Gasteiger partial charge in [-0.1, -0.05) is 11.6 Å². The maximum Gasteiger partial charge on any atom is 0.322 e. The number of benzene rings is 1. The Morgan fingerprint density at radius 3 is 3.00 bits per heavy atom. The van der Waals surface area contributed by atoms with Crippen LogP contribution in [0.4, 0.5) is 4.39 Å². The molecule has 2 rings (SSSR count). The van der Waals surface area contributed by atoms with Gasteiger partial charge in [0.05, 0.1) is 6.54 Å². The molecule has 7 heteroatoms. The van der Waals surface area contributed by atoms with Crippen molar-refractivity contribution >= 4 is 23.5 Å². The van der Waals surface area contributed by atoms with Gasteiger partial charge in [0.2, 0.25) is 5.91 Å². The molecule has 0 saturated carbocycles. The Hall–Kier alpha value is -1.66. The summed E-state index contributed by atoms with van der Waals surface area (Å²) in [4.78, 5) is 23.8. The monoisotopic (exact) mass is 286 g/mol. The molecule has 1 amide bonds. The number of nitrogens with zero attached hydrogens (tertiary/aromatic N) is 1. The number of piperazine rings is 1. The Balaban J connectivity index is 2.20. The number of nitrogens with one attached hydrogen (secondary N) is 1. The van der Waals surface area contributed by atoms with Gasteiger partial charge in [-0.2, -0.15) is 0 Å². The van der Waals surface area contributed by atoms with E-state index < -0.39 is 17.8 Å². The van der Waals surface area contributed by atoms with Gasteiger partial charge in [0.25, 0.3) is 0 Å². The van der Waals surface area contributed by atoms with Crippen LogP contribution in [-0.4, -0.2) is 41.0 Å². The summed E-state index contributed by atoms with van der Waals surface area (Å²) in [5.74, 6) is -1.80. The largest absolute Gasteiger partial charge is 0.480 e. The standard InChI is InChI=1S/C12H12ClFN2O3/c13-8-1-2-9(14)7(3-8)5-16-6-11(17)15-4-10(16)12(18)19/h1-3,10H,4-6H2,(H,15,17)(H,18,19). The minimum atomic E-state index is -1.05. The molecule has 102 valence electrons. The van der Waals surface area contributed by atoms with E-state index in [-0.39, 0.29) is 31.1 Å². The second-order valence-electron chi connectivity index (χ2n) is 4.30. The first-order chi connectivity index (χ1) is 8.97. The van der Waals surface area contributed by atoms with E-state index in [1.165, 1.54) is 23.1 Å². The van der Waals surface area contributed by atoms with Crippen LogP contribution in [-0.2, 0) is 16.1 Å². The Kier molecular flexibility index (Phi) is 4.01. The van der Waals surface area contributed by atoms with Crippen molar-refractivity contribution in [1.82, 2.24) is 10.2 Å². The molecule has 0 spiro atoms. The SMILES string of the molecule is O=C1CN(Cc2cc(Cl)ccc2F)C(C(=O)O)CN1. The van der Waals surface area contributed by atoms with Gasteiger partial charge in [0.15, 0.2) is 0 Å². The third kappa shape index (κ3) is 3.21. The van der Waals surface area contributed by atoms with Crippen LogP contribution in [0, 0.1) is 5.82 Å². The molecule has 1 fully saturated rings. The molecule has 1 saturated heterocycles. The lowest BCUT2D eigenvalue weighted by Crippen LogP contribution is -2.57. The van der Waals surface area contributed by atoms with Gasteiger partial charge in [-0.15, -0.1) is 0 Å². The number of rotatable bonds is 3. The predicted octanol–water partition coefficient (Wildman–Crippen LogP) is 0.864. The molecule has 0 bridgehead atoms. The Morgan fingerprint density at radius 2 is 2.32 bits per heavy atom. The molecule has 0 aromatic heterocycles. The van der Waals surface area contributed by atoms with Crippen LogP contribution in [0.2, 0.25) is 5.02 Å². The molecule has 1 heterocycles. The quantitative estimate of drug-likeness (QED) is 0.865. The number of halogens is 2. The molecule has 1 aliphatic rings. The lowest BCUT2D eigenvalue weighted by molar-refractivity contribution is -0.146. The van der Waals surface area contributed by atoms with E-state index in [0.29, 0.717) is 5.02 Å². The van der Waals surface area contributed by atoms with E-state index in [0.717, 1.165) is 0 Å². The highest BCUT2D eigenvalue weighted by Gasteiger charge is 2.32. The topological polar surface area (TPSA) is 69.6 Å². The first kappa shape index (κ1) is 13.8. The molecule has 1 atom stereocenters. The minimum absolute atomic E-state index is 0.0103. The highest BCUT2D eigenvalue weighted by atomic mass is 35.5. The van der Waals surface area contributed by atoms with E-state index in [2.05, 4.69) is 5.32 Å². The molecule has 1 unspecified atom stereocenters. The zero-order chi connectivity index (χ0) is 14.0. The number of carbonyl (C=O) groups is 2. The van der Waals surface area contributed by atoms with E-state index >= 15 is 0 Å². The van der Waals surface area contributed by atoms with Gasteiger partial charge in [-0.25, -0.2) is 4.39 Å². The van der Waals surface area contributed by atoms with Crippen LogP contribution in [0.25, 0.3) is 0 Å². The van der Waals surface area contributed by atoms with Gasteiger partial charge >= 0.3 is 5.97 Å². The normalized spacial score (nSPS) is 20.1. The smallest absolute Gasteiger partial charge is 0.322 e. The van der Waals surface area contributed by atoms with Crippen molar-refractivity contribution in [2.24, 2.45) is 0 Å². The third-order valence-corrected chi connectivity index (χ3v) is 3.18. The number of carboxylic acid groups (broad SMARTS) is 1. The average Bonchev–Trinajstić information content (AvgIpc) is 2.33. The molecule has 1 aliphatic heterocycles. The van der Waals surface area contributed by atoms with Crippen molar-refractivity contribution in [1.29, 1.82) is 0 Å². The second kappa shape index (κ2) is 5.54. The second-order valence-corrected chi connectivity index (χ2v) is 4.74. The molecular formula is C12H12ClFN2O3. The van der Waals surface area contributed by atoms with Gasteiger partial charge in [-0.05, 0) is 18.2 Å². The maximum absolute atomic E-state index is 13.6. The van der Waals surface area contributed by atoms with Crippen LogP contribution in [0.5, 0.6) is 0 Å². The summed E-state index contributed by atoms with van der Waals surface area (Å²) in [6.07, 6.45) is 0. The molecule has 0 radical (unpaired) electrons. The van der Waals surface area contributed by atoms with E-state index in [1.54, 1.807) is 0 Å². The number of carboxylic acids is 1. The Morgan fingerprint density at radius 1 is 1.58 bits per heavy atom. The summed E-state index contributed by atoms with van der Waals surface area (Å²) in [7, 11) is 0. The van der Waals surface area contributed by atoms with Crippen LogP contribution >= 0.6 is 11.6 Å². The van der Waals surface area contributed by atoms with Crippen LogP contribution in [0.3, 0.4) is 0 Å².